The van der Waals surface area contributed by atoms with Crippen LogP contribution in [0.2, 0.25) is 0 Å². The van der Waals surface area contributed by atoms with E-state index in [9.17, 15) is 9.18 Å². The van der Waals surface area contributed by atoms with Crippen LogP contribution in [0, 0.1) is 5.82 Å². The minimum absolute atomic E-state index is 0.0469. The summed E-state index contributed by atoms with van der Waals surface area (Å²) in [5.41, 5.74) is 0.840. The lowest BCUT2D eigenvalue weighted by atomic mass is 9.89. The third-order valence-corrected chi connectivity index (χ3v) is 3.25. The second kappa shape index (κ2) is 4.55. The predicted molar refractivity (Wildman–Crippen MR) is 66.0 cm³/mol. The molecule has 19 heavy (non-hydrogen) atoms. The van der Waals surface area contributed by atoms with Crippen LogP contribution in [0.15, 0.2) is 24.5 Å². The van der Waals surface area contributed by atoms with Gasteiger partial charge in [-0.15, -0.1) is 0 Å². The van der Waals surface area contributed by atoms with Gasteiger partial charge in [-0.05, 0) is 18.9 Å². The molecule has 1 saturated carbocycles. The van der Waals surface area contributed by atoms with Gasteiger partial charge in [0.1, 0.15) is 5.82 Å². The lowest BCUT2D eigenvalue weighted by Gasteiger charge is -2.31. The van der Waals surface area contributed by atoms with Crippen molar-refractivity contribution in [1.29, 1.82) is 0 Å². The number of fused-ring (bicyclic) bond motifs is 1. The Morgan fingerprint density at radius 1 is 1.26 bits per heavy atom. The number of rotatable bonds is 2. The second-order valence-corrected chi connectivity index (χ2v) is 4.67. The zero-order valence-electron chi connectivity index (χ0n) is 10.0. The molecule has 0 spiro atoms. The van der Waals surface area contributed by atoms with Gasteiger partial charge in [0, 0.05) is 24.5 Å². The largest absolute Gasteiger partial charge is 0.393 e. The molecule has 1 aromatic heterocycles. The number of hydrogen-bond donors (Lipinski definition) is 2. The van der Waals surface area contributed by atoms with Crippen molar-refractivity contribution < 1.29 is 14.3 Å². The first-order valence-corrected chi connectivity index (χ1v) is 6.02. The molecule has 0 bridgehead atoms. The van der Waals surface area contributed by atoms with E-state index in [1.54, 1.807) is 0 Å². The standard InChI is InChI=1S/C13H12FN3O2/c14-10-6-12-11(15-1-2-16-12)5-9(10)13(19)17-7-3-8(18)4-7/h1-2,5-8,18H,3-4H2,(H,17,19). The van der Waals surface area contributed by atoms with E-state index >= 15 is 0 Å². The fourth-order valence-corrected chi connectivity index (χ4v) is 2.13. The summed E-state index contributed by atoms with van der Waals surface area (Å²) in [6.07, 6.45) is 3.63. The molecule has 2 aromatic rings. The SMILES string of the molecule is O=C(NC1CC(O)C1)c1cc2nccnc2cc1F. The van der Waals surface area contributed by atoms with Crippen molar-refractivity contribution in [1.82, 2.24) is 15.3 Å². The average molecular weight is 261 g/mol. The van der Waals surface area contributed by atoms with Crippen LogP contribution in [0.3, 0.4) is 0 Å². The van der Waals surface area contributed by atoms with Crippen molar-refractivity contribution in [2.24, 2.45) is 0 Å². The molecule has 0 atom stereocenters. The highest BCUT2D eigenvalue weighted by atomic mass is 19.1. The molecule has 1 aliphatic carbocycles. The Kier molecular flexibility index (Phi) is 2.87. The summed E-state index contributed by atoms with van der Waals surface area (Å²) in [5.74, 6) is -1.10. The fraction of sp³-hybridized carbons (Fsp3) is 0.308. The maximum Gasteiger partial charge on any atom is 0.254 e. The van der Waals surface area contributed by atoms with Crippen molar-refractivity contribution >= 4 is 16.9 Å². The lowest BCUT2D eigenvalue weighted by Crippen LogP contribution is -2.46. The number of nitrogens with one attached hydrogen (secondary N) is 1. The first kappa shape index (κ1) is 12.0. The number of aliphatic hydroxyl groups is 1. The number of aliphatic hydroxyl groups excluding tert-OH is 1. The van der Waals surface area contributed by atoms with Gasteiger partial charge in [-0.2, -0.15) is 0 Å². The molecule has 1 aliphatic rings. The number of aromatic nitrogens is 2. The van der Waals surface area contributed by atoms with Gasteiger partial charge in [-0.25, -0.2) is 4.39 Å². The Balaban J connectivity index is 1.87. The molecular formula is C13H12FN3O2. The second-order valence-electron chi connectivity index (χ2n) is 4.67. The van der Waals surface area contributed by atoms with Gasteiger partial charge >= 0.3 is 0 Å². The number of carbonyl (C=O) groups excluding carboxylic acids is 1. The van der Waals surface area contributed by atoms with Crippen molar-refractivity contribution in [3.63, 3.8) is 0 Å². The van der Waals surface area contributed by atoms with Crippen LogP contribution in [0.1, 0.15) is 23.2 Å². The number of carbonyl (C=O) groups is 1. The maximum atomic E-state index is 13.8. The van der Waals surface area contributed by atoms with E-state index in [1.807, 2.05) is 0 Å². The molecule has 0 aliphatic heterocycles. The summed E-state index contributed by atoms with van der Waals surface area (Å²) in [6.45, 7) is 0. The van der Waals surface area contributed by atoms with Gasteiger partial charge in [0.2, 0.25) is 0 Å². The smallest absolute Gasteiger partial charge is 0.254 e. The van der Waals surface area contributed by atoms with Crippen LogP contribution >= 0.6 is 0 Å². The van der Waals surface area contributed by atoms with Crippen LogP contribution < -0.4 is 5.32 Å². The van der Waals surface area contributed by atoms with Gasteiger partial charge in [0.25, 0.3) is 5.91 Å². The number of nitrogens with zero attached hydrogens (tertiary/aromatic N) is 2. The molecule has 0 radical (unpaired) electrons. The Hall–Kier alpha value is -2.08. The van der Waals surface area contributed by atoms with E-state index in [1.165, 1.54) is 24.5 Å². The monoisotopic (exact) mass is 261 g/mol. The minimum Gasteiger partial charge on any atom is -0.393 e. The number of benzene rings is 1. The predicted octanol–water partition coefficient (Wildman–Crippen LogP) is 1.02. The van der Waals surface area contributed by atoms with Crippen molar-refractivity contribution in [2.75, 3.05) is 0 Å². The molecule has 2 N–H and O–H groups in total. The lowest BCUT2D eigenvalue weighted by molar-refractivity contribution is 0.0561. The molecule has 3 rings (SSSR count). The number of halogens is 1. The van der Waals surface area contributed by atoms with Crippen molar-refractivity contribution in [3.8, 4) is 0 Å². The van der Waals surface area contributed by atoms with Crippen LogP contribution in [0.4, 0.5) is 4.39 Å². The molecule has 0 unspecified atom stereocenters. The minimum atomic E-state index is -0.620. The normalized spacial score (nSPS) is 22.0. The first-order chi connectivity index (χ1) is 9.13. The number of amides is 1. The van der Waals surface area contributed by atoms with E-state index in [2.05, 4.69) is 15.3 Å². The highest BCUT2D eigenvalue weighted by Crippen LogP contribution is 2.21. The van der Waals surface area contributed by atoms with Gasteiger partial charge in [-0.3, -0.25) is 14.8 Å². The van der Waals surface area contributed by atoms with Gasteiger partial charge in [0.05, 0.1) is 22.7 Å². The quantitative estimate of drug-likeness (QED) is 0.846. The summed E-state index contributed by atoms with van der Waals surface area (Å²) in [4.78, 5) is 20.0. The molecule has 1 aromatic carbocycles. The molecule has 1 amide bonds. The highest BCUT2D eigenvalue weighted by Gasteiger charge is 2.29. The van der Waals surface area contributed by atoms with Crippen LogP contribution in [-0.4, -0.2) is 33.1 Å². The Labute approximate surface area is 108 Å². The zero-order valence-corrected chi connectivity index (χ0v) is 10.0. The zero-order chi connectivity index (χ0) is 13.4. The molecule has 6 heteroatoms. The van der Waals surface area contributed by atoms with E-state index in [0.717, 1.165) is 0 Å². The molecule has 1 heterocycles. The molecule has 98 valence electrons. The van der Waals surface area contributed by atoms with Gasteiger partial charge < -0.3 is 10.4 Å². The van der Waals surface area contributed by atoms with Crippen LogP contribution in [-0.2, 0) is 0 Å². The van der Waals surface area contributed by atoms with Crippen LogP contribution in [0.5, 0.6) is 0 Å². The van der Waals surface area contributed by atoms with E-state index in [4.69, 9.17) is 5.11 Å². The average Bonchev–Trinajstić information content (AvgIpc) is 2.36. The van der Waals surface area contributed by atoms with Crippen LogP contribution in [0.25, 0.3) is 11.0 Å². The van der Waals surface area contributed by atoms with E-state index in [0.29, 0.717) is 23.9 Å². The summed E-state index contributed by atoms with van der Waals surface area (Å²) < 4.78 is 13.8. The molecule has 0 saturated heterocycles. The summed E-state index contributed by atoms with van der Waals surface area (Å²) in [5, 5.41) is 11.8. The van der Waals surface area contributed by atoms with Crippen molar-refractivity contribution in [2.45, 2.75) is 25.0 Å². The van der Waals surface area contributed by atoms with E-state index in [-0.39, 0.29) is 17.7 Å². The molecule has 5 nitrogen and oxygen atoms in total. The third-order valence-electron chi connectivity index (χ3n) is 3.25. The highest BCUT2D eigenvalue weighted by molar-refractivity contribution is 5.97. The summed E-state index contributed by atoms with van der Waals surface area (Å²) in [7, 11) is 0. The Bertz CT molecular complexity index is 641. The summed E-state index contributed by atoms with van der Waals surface area (Å²) >= 11 is 0. The Morgan fingerprint density at radius 2 is 1.89 bits per heavy atom. The fourth-order valence-electron chi connectivity index (χ4n) is 2.13. The first-order valence-electron chi connectivity index (χ1n) is 6.02. The maximum absolute atomic E-state index is 13.8. The molecule has 1 fully saturated rings. The summed E-state index contributed by atoms with van der Waals surface area (Å²) in [6, 6.07) is 2.51. The molecular weight excluding hydrogens is 249 g/mol. The number of hydrogen-bond acceptors (Lipinski definition) is 4. The third kappa shape index (κ3) is 2.26. The Morgan fingerprint density at radius 3 is 2.53 bits per heavy atom. The van der Waals surface area contributed by atoms with Crippen molar-refractivity contribution in [3.05, 3.63) is 35.9 Å². The topological polar surface area (TPSA) is 75.1 Å². The van der Waals surface area contributed by atoms with E-state index < -0.39 is 11.7 Å². The van der Waals surface area contributed by atoms with Gasteiger partial charge in [0.15, 0.2) is 0 Å². The van der Waals surface area contributed by atoms with Gasteiger partial charge in [-0.1, -0.05) is 0 Å².